The van der Waals surface area contributed by atoms with E-state index in [0.717, 1.165) is 42.1 Å². The molecule has 0 fully saturated rings. The lowest BCUT2D eigenvalue weighted by atomic mass is 9.86. The van der Waals surface area contributed by atoms with E-state index >= 15 is 0 Å². The summed E-state index contributed by atoms with van der Waals surface area (Å²) in [6.07, 6.45) is 10.3. The minimum absolute atomic E-state index is 0. The highest BCUT2D eigenvalue weighted by atomic mass is 79.9. The largest absolute Gasteiger partial charge is 1.00 e. The summed E-state index contributed by atoms with van der Waals surface area (Å²) in [5, 5.41) is 5.23. The third kappa shape index (κ3) is 10.2. The predicted molar refractivity (Wildman–Crippen MR) is 156 cm³/mol. The van der Waals surface area contributed by atoms with Gasteiger partial charge in [0.2, 0.25) is 5.51 Å². The van der Waals surface area contributed by atoms with Crippen LogP contribution in [-0.2, 0) is 12.0 Å². The zero-order valence-electron chi connectivity index (χ0n) is 23.8. The molecule has 2 aromatic carbocycles. The van der Waals surface area contributed by atoms with Gasteiger partial charge in [-0.25, -0.2) is 0 Å². The number of carbonyl (C=O) groups excluding carboxylic acids is 1. The highest BCUT2D eigenvalue weighted by Gasteiger charge is 2.20. The van der Waals surface area contributed by atoms with E-state index in [1.54, 1.807) is 11.3 Å². The number of hydrogen-bond acceptors (Lipinski definition) is 3. The molecule has 0 saturated carbocycles. The van der Waals surface area contributed by atoms with E-state index in [9.17, 15) is 4.79 Å². The number of thiazole rings is 1. The quantitative estimate of drug-likeness (QED) is 0.197. The van der Waals surface area contributed by atoms with Crippen LogP contribution in [-0.4, -0.2) is 12.5 Å². The number of halogens is 1. The first-order chi connectivity index (χ1) is 17.8. The van der Waals surface area contributed by atoms with Gasteiger partial charge in [0.25, 0.3) is 5.91 Å². The number of aromatic nitrogens is 1. The van der Waals surface area contributed by atoms with Crippen molar-refractivity contribution in [3.63, 3.8) is 0 Å². The van der Waals surface area contributed by atoms with E-state index in [-0.39, 0.29) is 28.3 Å². The SMILES string of the molecule is CCCCCCCCCCOc1ccc(NC(=O)c2cccc(C[n+]3cscc3C)c2)cc1C(C)(C)C.[Br-]. The molecule has 0 saturated heterocycles. The average molecular weight is 602 g/mol. The first-order valence-electron chi connectivity index (χ1n) is 13.9. The molecule has 1 aromatic heterocycles. The van der Waals surface area contributed by atoms with E-state index in [1.807, 2.05) is 30.3 Å². The smallest absolute Gasteiger partial charge is 0.255 e. The number of rotatable bonds is 14. The number of nitrogens with one attached hydrogen (secondary N) is 1. The molecule has 1 heterocycles. The summed E-state index contributed by atoms with van der Waals surface area (Å²) in [5.74, 6) is 0.819. The second-order valence-corrected chi connectivity index (χ2v) is 11.8. The summed E-state index contributed by atoms with van der Waals surface area (Å²) in [6, 6.07) is 13.9. The number of carbonyl (C=O) groups is 1. The van der Waals surface area contributed by atoms with Crippen LogP contribution in [0.3, 0.4) is 0 Å². The van der Waals surface area contributed by atoms with Gasteiger partial charge >= 0.3 is 0 Å². The molecule has 3 aromatic rings. The lowest BCUT2D eigenvalue weighted by Crippen LogP contribution is -3.00. The highest BCUT2D eigenvalue weighted by Crippen LogP contribution is 2.34. The van der Waals surface area contributed by atoms with Gasteiger partial charge < -0.3 is 27.0 Å². The van der Waals surface area contributed by atoms with Gasteiger partial charge in [-0.3, -0.25) is 4.79 Å². The second kappa shape index (κ2) is 16.0. The molecule has 208 valence electrons. The van der Waals surface area contributed by atoms with Gasteiger partial charge in [-0.1, -0.05) is 96.1 Å². The third-order valence-electron chi connectivity index (χ3n) is 6.72. The summed E-state index contributed by atoms with van der Waals surface area (Å²) < 4.78 is 8.41. The summed E-state index contributed by atoms with van der Waals surface area (Å²) in [4.78, 5) is 13.1. The number of ether oxygens (including phenoxy) is 1. The molecule has 4 nitrogen and oxygen atoms in total. The van der Waals surface area contributed by atoms with E-state index in [4.69, 9.17) is 4.74 Å². The van der Waals surface area contributed by atoms with Gasteiger partial charge in [0.1, 0.15) is 5.75 Å². The minimum atomic E-state index is -0.0960. The van der Waals surface area contributed by atoms with Gasteiger partial charge in [-0.15, -0.1) is 0 Å². The molecule has 0 spiro atoms. The number of unbranched alkanes of at least 4 members (excludes halogenated alkanes) is 7. The van der Waals surface area contributed by atoms with Crippen LogP contribution in [0.15, 0.2) is 53.4 Å². The number of aryl methyl sites for hydroxylation is 1. The Hall–Kier alpha value is -2.18. The van der Waals surface area contributed by atoms with Crippen molar-refractivity contribution < 1.29 is 31.1 Å². The van der Waals surface area contributed by atoms with Crippen molar-refractivity contribution in [3.05, 3.63) is 75.7 Å². The van der Waals surface area contributed by atoms with Crippen molar-refractivity contribution in [2.75, 3.05) is 11.9 Å². The normalized spacial score (nSPS) is 11.2. The number of amides is 1. The van der Waals surface area contributed by atoms with Crippen LogP contribution in [0.1, 0.15) is 106 Å². The monoisotopic (exact) mass is 600 g/mol. The van der Waals surface area contributed by atoms with E-state index in [2.05, 4.69) is 67.5 Å². The van der Waals surface area contributed by atoms with Gasteiger partial charge in [-0.05, 0) is 42.2 Å². The Morgan fingerprint density at radius 3 is 2.34 bits per heavy atom. The Bertz CT molecular complexity index is 1140. The predicted octanol–water partition coefficient (Wildman–Crippen LogP) is 5.47. The van der Waals surface area contributed by atoms with Crippen LogP contribution in [0.4, 0.5) is 5.69 Å². The van der Waals surface area contributed by atoms with Crippen molar-refractivity contribution in [1.82, 2.24) is 0 Å². The topological polar surface area (TPSA) is 42.2 Å². The molecule has 0 radical (unpaired) electrons. The fourth-order valence-corrected chi connectivity index (χ4v) is 5.24. The molecule has 0 aliphatic carbocycles. The molecule has 38 heavy (non-hydrogen) atoms. The Labute approximate surface area is 244 Å². The molecule has 0 aliphatic heterocycles. The fraction of sp³-hybridized carbons (Fsp3) is 0.500. The molecular weight excluding hydrogens is 556 g/mol. The second-order valence-electron chi connectivity index (χ2n) is 11.1. The number of anilines is 1. The van der Waals surface area contributed by atoms with Gasteiger partial charge in [0.15, 0.2) is 12.2 Å². The average Bonchev–Trinajstić information content (AvgIpc) is 3.27. The number of benzene rings is 2. The molecule has 0 atom stereocenters. The molecule has 0 bridgehead atoms. The van der Waals surface area contributed by atoms with Crippen LogP contribution in [0.5, 0.6) is 5.75 Å². The van der Waals surface area contributed by atoms with Gasteiger partial charge in [-0.2, -0.15) is 4.57 Å². The van der Waals surface area contributed by atoms with Crippen LogP contribution in [0.25, 0.3) is 0 Å². The molecule has 3 rings (SSSR count). The molecular formula is C32H45BrN2O2S. The summed E-state index contributed by atoms with van der Waals surface area (Å²) in [5.41, 5.74) is 6.92. The maximum absolute atomic E-state index is 13.1. The molecule has 1 amide bonds. The van der Waals surface area contributed by atoms with Crippen LogP contribution < -0.4 is 31.6 Å². The molecule has 1 N–H and O–H groups in total. The molecule has 6 heteroatoms. The summed E-state index contributed by atoms with van der Waals surface area (Å²) in [7, 11) is 0. The van der Waals surface area contributed by atoms with Crippen LogP contribution >= 0.6 is 11.3 Å². The summed E-state index contributed by atoms with van der Waals surface area (Å²) in [6.45, 7) is 12.4. The Morgan fingerprint density at radius 1 is 0.974 bits per heavy atom. The highest BCUT2D eigenvalue weighted by molar-refractivity contribution is 7.07. The number of nitrogens with zero attached hydrogens (tertiary/aromatic N) is 1. The van der Waals surface area contributed by atoms with Crippen molar-refractivity contribution in [2.24, 2.45) is 0 Å². The van der Waals surface area contributed by atoms with Crippen molar-refractivity contribution in [1.29, 1.82) is 0 Å². The van der Waals surface area contributed by atoms with Crippen molar-refractivity contribution >= 4 is 22.9 Å². The molecule has 0 unspecified atom stereocenters. The summed E-state index contributed by atoms with van der Waals surface area (Å²) >= 11 is 1.69. The van der Waals surface area contributed by atoms with Gasteiger partial charge in [0, 0.05) is 29.3 Å². The zero-order chi connectivity index (χ0) is 26.7. The Balaban J connectivity index is 0.00000507. The van der Waals surface area contributed by atoms with E-state index in [1.165, 1.54) is 50.6 Å². The Kier molecular flexibility index (Phi) is 13.5. The lowest BCUT2D eigenvalue weighted by molar-refractivity contribution is -0.689. The minimum Gasteiger partial charge on any atom is -1.00 e. The first kappa shape index (κ1) is 32.0. The number of hydrogen-bond donors (Lipinski definition) is 1. The standard InChI is InChI=1S/C32H44N2O2S.BrH/c1-6-7-8-9-10-11-12-13-19-36-30-18-17-28(21-29(30)32(3,4)5)33-31(35)27-16-14-15-26(20-27)22-34-24-37-23-25(34)2;/h14-18,20-21,23-24H,6-13,19,22H2,1-5H3;1H. The van der Waals surface area contributed by atoms with Crippen molar-refractivity contribution in [2.45, 2.75) is 97.9 Å². The third-order valence-corrected chi connectivity index (χ3v) is 7.58. The maximum atomic E-state index is 13.1. The van der Waals surface area contributed by atoms with Crippen LogP contribution in [0.2, 0.25) is 0 Å². The Morgan fingerprint density at radius 2 is 1.68 bits per heavy atom. The van der Waals surface area contributed by atoms with Crippen LogP contribution in [0, 0.1) is 6.92 Å². The first-order valence-corrected chi connectivity index (χ1v) is 14.8. The maximum Gasteiger partial charge on any atom is 0.255 e. The lowest BCUT2D eigenvalue weighted by Gasteiger charge is -2.24. The van der Waals surface area contributed by atoms with E-state index < -0.39 is 0 Å². The molecule has 0 aliphatic rings. The van der Waals surface area contributed by atoms with E-state index in [0.29, 0.717) is 5.56 Å². The fourth-order valence-electron chi connectivity index (χ4n) is 4.46. The zero-order valence-corrected chi connectivity index (χ0v) is 26.2. The van der Waals surface area contributed by atoms with Crippen molar-refractivity contribution in [3.8, 4) is 5.75 Å². The van der Waals surface area contributed by atoms with Gasteiger partial charge in [0.05, 0.1) is 12.0 Å².